The highest BCUT2D eigenvalue weighted by atomic mass is 32.2. The minimum atomic E-state index is -4.09. The van der Waals surface area contributed by atoms with E-state index in [4.69, 9.17) is 4.74 Å². The molecule has 3 aromatic carbocycles. The summed E-state index contributed by atoms with van der Waals surface area (Å²) < 4.78 is 63.0. The van der Waals surface area contributed by atoms with Crippen molar-refractivity contribution in [2.75, 3.05) is 17.4 Å². The quantitative estimate of drug-likeness (QED) is 0.423. The molecule has 1 saturated heterocycles. The molecule has 2 fully saturated rings. The van der Waals surface area contributed by atoms with Crippen LogP contribution in [0.4, 0.5) is 19.3 Å². The molecule has 2 aliphatic heterocycles. The van der Waals surface area contributed by atoms with Gasteiger partial charge in [-0.15, -0.1) is 0 Å². The molecule has 1 saturated carbocycles. The number of likely N-dealkylation sites (tertiary alicyclic amines) is 1. The van der Waals surface area contributed by atoms with Crippen LogP contribution >= 0.6 is 0 Å². The number of nitrogens with zero attached hydrogens (tertiary/aromatic N) is 2. The Morgan fingerprint density at radius 2 is 1.58 bits per heavy atom. The third-order valence-corrected chi connectivity index (χ3v) is 9.92. The van der Waals surface area contributed by atoms with E-state index in [1.165, 1.54) is 28.6 Å². The first-order valence-electron chi connectivity index (χ1n) is 12.9. The lowest BCUT2D eigenvalue weighted by molar-refractivity contribution is 0.0738. The summed E-state index contributed by atoms with van der Waals surface area (Å²) in [6.07, 6.45) is 2.41. The molecule has 6 rings (SSSR count). The molecule has 0 aromatic heterocycles. The van der Waals surface area contributed by atoms with Crippen LogP contribution in [0.1, 0.15) is 36.8 Å². The second kappa shape index (κ2) is 9.38. The van der Waals surface area contributed by atoms with Gasteiger partial charge in [0.15, 0.2) is 0 Å². The van der Waals surface area contributed by atoms with Crippen molar-refractivity contribution in [2.24, 2.45) is 5.92 Å². The van der Waals surface area contributed by atoms with E-state index in [2.05, 4.69) is 0 Å². The van der Waals surface area contributed by atoms with Crippen molar-refractivity contribution >= 4 is 21.8 Å². The second-order valence-corrected chi connectivity index (χ2v) is 12.2. The molecule has 3 aliphatic rings. The van der Waals surface area contributed by atoms with Gasteiger partial charge in [-0.1, -0.05) is 36.4 Å². The Hall–Kier alpha value is -3.46. The molecule has 3 aromatic rings. The minimum absolute atomic E-state index is 0.0289. The van der Waals surface area contributed by atoms with Gasteiger partial charge in [0.05, 0.1) is 16.6 Å². The molecule has 0 bridgehead atoms. The van der Waals surface area contributed by atoms with E-state index in [0.717, 1.165) is 36.1 Å². The maximum absolute atomic E-state index is 14.5. The second-order valence-electron chi connectivity index (χ2n) is 10.4. The fourth-order valence-electron chi connectivity index (χ4n) is 6.16. The van der Waals surface area contributed by atoms with Crippen LogP contribution in [-0.2, 0) is 26.8 Å². The molecule has 38 heavy (non-hydrogen) atoms. The van der Waals surface area contributed by atoms with Crippen molar-refractivity contribution in [1.82, 2.24) is 4.90 Å². The average molecular weight is 539 g/mol. The largest absolute Gasteiger partial charge is 0.445 e. The first-order chi connectivity index (χ1) is 18.3. The van der Waals surface area contributed by atoms with Gasteiger partial charge >= 0.3 is 6.09 Å². The Kier molecular flexibility index (Phi) is 6.13. The molecule has 1 spiro atoms. The predicted octanol–water partition coefficient (Wildman–Crippen LogP) is 5.62. The number of hydrogen-bond acceptors (Lipinski definition) is 4. The van der Waals surface area contributed by atoms with Crippen LogP contribution in [0.25, 0.3) is 0 Å². The fourth-order valence-corrected chi connectivity index (χ4v) is 7.95. The van der Waals surface area contributed by atoms with Gasteiger partial charge in [0, 0.05) is 18.5 Å². The summed E-state index contributed by atoms with van der Waals surface area (Å²) in [5.74, 6) is -0.924. The number of halogens is 2. The van der Waals surface area contributed by atoms with E-state index in [1.807, 2.05) is 30.3 Å². The fraction of sp³-hybridized carbons (Fsp3) is 0.345. The number of carbonyl (C=O) groups is 1. The molecule has 1 amide bonds. The Balaban J connectivity index is 1.31. The molecule has 0 N–H and O–H groups in total. The highest BCUT2D eigenvalue weighted by Crippen LogP contribution is 2.59. The number of piperidine rings is 1. The molecule has 1 atom stereocenters. The van der Waals surface area contributed by atoms with Gasteiger partial charge in [-0.25, -0.2) is 22.0 Å². The van der Waals surface area contributed by atoms with Crippen LogP contribution < -0.4 is 4.31 Å². The van der Waals surface area contributed by atoms with Gasteiger partial charge in [0.1, 0.15) is 18.2 Å². The standard InChI is InChI=1S/C29H28F2N2O4S/c30-22-8-11-24(12-9-22)38(35,36)33-26-18-23(31)10-13-25(26)29(27(33)21-6-7-21)14-16-32(17-15-29)28(34)37-19-20-4-2-1-3-5-20/h1-5,8-13,18,21,27H,6-7,14-17,19H2. The number of hydrogen-bond donors (Lipinski definition) is 0. The van der Waals surface area contributed by atoms with E-state index in [1.54, 1.807) is 11.0 Å². The number of amides is 1. The van der Waals surface area contributed by atoms with Gasteiger partial charge in [0.25, 0.3) is 10.0 Å². The summed E-state index contributed by atoms with van der Waals surface area (Å²) in [7, 11) is -4.09. The summed E-state index contributed by atoms with van der Waals surface area (Å²) in [6.45, 7) is 0.980. The number of ether oxygens (including phenoxy) is 1. The number of fused-ring (bicyclic) bond motifs is 2. The van der Waals surface area contributed by atoms with Crippen LogP contribution in [0.5, 0.6) is 0 Å². The van der Waals surface area contributed by atoms with E-state index in [9.17, 15) is 22.0 Å². The van der Waals surface area contributed by atoms with Crippen molar-refractivity contribution < 1.29 is 26.7 Å². The van der Waals surface area contributed by atoms with Gasteiger partial charge < -0.3 is 9.64 Å². The number of anilines is 1. The SMILES string of the molecule is O=C(OCc1ccccc1)N1CCC2(CC1)c1ccc(F)cc1N(S(=O)(=O)c1ccc(F)cc1)C2C1CC1. The molecule has 1 unspecified atom stereocenters. The molecule has 6 nitrogen and oxygen atoms in total. The first-order valence-corrected chi connectivity index (χ1v) is 14.3. The Morgan fingerprint density at radius 1 is 0.921 bits per heavy atom. The lowest BCUT2D eigenvalue weighted by Crippen LogP contribution is -2.54. The summed E-state index contributed by atoms with van der Waals surface area (Å²) in [5, 5.41) is 0. The zero-order chi connectivity index (χ0) is 26.5. The third-order valence-electron chi connectivity index (χ3n) is 8.11. The van der Waals surface area contributed by atoms with Crippen LogP contribution in [0.15, 0.2) is 77.7 Å². The number of rotatable bonds is 5. The summed E-state index contributed by atoms with van der Waals surface area (Å²) in [4.78, 5) is 14.5. The first kappa shape index (κ1) is 24.9. The monoisotopic (exact) mass is 538 g/mol. The van der Waals surface area contributed by atoms with Crippen LogP contribution in [0.2, 0.25) is 0 Å². The van der Waals surface area contributed by atoms with Crippen molar-refractivity contribution in [3.05, 3.63) is 95.6 Å². The number of carbonyl (C=O) groups excluding carboxylic acids is 1. The van der Waals surface area contributed by atoms with Gasteiger partial charge in [-0.3, -0.25) is 4.31 Å². The smallest absolute Gasteiger partial charge is 0.410 e. The molecule has 9 heteroatoms. The lowest BCUT2D eigenvalue weighted by Gasteiger charge is -2.44. The van der Waals surface area contributed by atoms with Gasteiger partial charge in [-0.2, -0.15) is 0 Å². The zero-order valence-electron chi connectivity index (χ0n) is 20.7. The Bertz CT molecular complexity index is 1450. The van der Waals surface area contributed by atoms with E-state index >= 15 is 0 Å². The highest BCUT2D eigenvalue weighted by molar-refractivity contribution is 7.92. The van der Waals surface area contributed by atoms with Crippen molar-refractivity contribution in [1.29, 1.82) is 0 Å². The topological polar surface area (TPSA) is 66.9 Å². The molecular formula is C29H28F2N2O4S. The molecule has 2 heterocycles. The predicted molar refractivity (Wildman–Crippen MR) is 138 cm³/mol. The Morgan fingerprint density at radius 3 is 2.24 bits per heavy atom. The Labute approximate surface area is 220 Å². The minimum Gasteiger partial charge on any atom is -0.445 e. The number of sulfonamides is 1. The maximum atomic E-state index is 14.5. The number of benzene rings is 3. The molecule has 1 aliphatic carbocycles. The van der Waals surface area contributed by atoms with Crippen LogP contribution in [0, 0.1) is 17.6 Å². The van der Waals surface area contributed by atoms with Crippen LogP contribution in [0.3, 0.4) is 0 Å². The van der Waals surface area contributed by atoms with E-state index < -0.39 is 39.2 Å². The van der Waals surface area contributed by atoms with Crippen molar-refractivity contribution in [2.45, 2.75) is 48.6 Å². The maximum Gasteiger partial charge on any atom is 0.410 e. The molecule has 0 radical (unpaired) electrons. The van der Waals surface area contributed by atoms with Crippen LogP contribution in [-0.4, -0.2) is 38.5 Å². The summed E-state index contributed by atoms with van der Waals surface area (Å²) in [5.41, 5.74) is 1.47. The third kappa shape index (κ3) is 4.22. The molecule has 198 valence electrons. The highest BCUT2D eigenvalue weighted by Gasteiger charge is 2.60. The van der Waals surface area contributed by atoms with Crippen molar-refractivity contribution in [3.63, 3.8) is 0 Å². The normalized spacial score (nSPS) is 20.4. The zero-order valence-corrected chi connectivity index (χ0v) is 21.5. The summed E-state index contributed by atoms with van der Waals surface area (Å²) in [6, 6.07) is 18.2. The van der Waals surface area contributed by atoms with Gasteiger partial charge in [0.2, 0.25) is 0 Å². The molecular weight excluding hydrogens is 510 g/mol. The lowest BCUT2D eigenvalue weighted by atomic mass is 9.68. The van der Waals surface area contributed by atoms with Gasteiger partial charge in [-0.05, 0) is 79.1 Å². The van der Waals surface area contributed by atoms with E-state index in [0.29, 0.717) is 31.6 Å². The van der Waals surface area contributed by atoms with E-state index in [-0.39, 0.29) is 17.4 Å². The summed E-state index contributed by atoms with van der Waals surface area (Å²) >= 11 is 0. The average Bonchev–Trinajstić information content (AvgIpc) is 3.72. The van der Waals surface area contributed by atoms with Crippen molar-refractivity contribution in [3.8, 4) is 0 Å².